The van der Waals surface area contributed by atoms with E-state index in [0.29, 0.717) is 17.7 Å². The molecule has 0 unspecified atom stereocenters. The van der Waals surface area contributed by atoms with Gasteiger partial charge in [0, 0.05) is 25.2 Å². The Hall–Kier alpha value is -1.95. The largest absolute Gasteiger partial charge is 0.349 e. The summed E-state index contributed by atoms with van der Waals surface area (Å²) >= 11 is 1.42. The summed E-state index contributed by atoms with van der Waals surface area (Å²) in [6.07, 6.45) is 0.296. The number of hydrogen-bond donors (Lipinski definition) is 1. The second-order valence-electron chi connectivity index (χ2n) is 5.15. The van der Waals surface area contributed by atoms with Crippen LogP contribution in [0.25, 0.3) is 0 Å². The third-order valence-electron chi connectivity index (χ3n) is 3.40. The third-order valence-corrected chi connectivity index (χ3v) is 4.31. The lowest BCUT2D eigenvalue weighted by Crippen LogP contribution is -2.34. The van der Waals surface area contributed by atoms with Crippen molar-refractivity contribution in [1.29, 1.82) is 0 Å². The second-order valence-corrected chi connectivity index (χ2v) is 6.10. The summed E-state index contributed by atoms with van der Waals surface area (Å²) in [5, 5.41) is 8.98. The van der Waals surface area contributed by atoms with Gasteiger partial charge < -0.3 is 5.32 Å². The Kier molecular flexibility index (Phi) is 4.57. The average molecular weight is 305 g/mol. The zero-order chi connectivity index (χ0) is 15.6. The number of hydrogen-bond acceptors (Lipinski definition) is 4. The van der Waals surface area contributed by atoms with Crippen molar-refractivity contribution >= 4 is 23.0 Å². The van der Waals surface area contributed by atoms with Gasteiger partial charge in [0.15, 0.2) is 5.78 Å². The quantitative estimate of drug-likeness (QED) is 0.863. The molecule has 0 saturated heterocycles. The highest BCUT2D eigenvalue weighted by atomic mass is 32.1. The molecule has 0 saturated carbocycles. The van der Waals surface area contributed by atoms with Gasteiger partial charge in [-0.1, -0.05) is 6.07 Å². The van der Waals surface area contributed by atoms with Gasteiger partial charge in [-0.25, -0.2) is 0 Å². The number of amides is 1. The summed E-state index contributed by atoms with van der Waals surface area (Å²) in [6.45, 7) is 5.50. The van der Waals surface area contributed by atoms with Crippen molar-refractivity contribution in [2.45, 2.75) is 33.2 Å². The summed E-state index contributed by atoms with van der Waals surface area (Å²) in [5.74, 6) is -0.123. The standard InChI is InChI=1S/C15H19N3O2S/c1-9(8-12(19)13-6-5-7-21-13)16-15(20)14-10(2)17-18(4)11(14)3/h5-7,9H,8H2,1-4H3,(H,16,20)/t9-/m1/s1. The molecule has 1 amide bonds. The van der Waals surface area contributed by atoms with Crippen LogP contribution in [0.15, 0.2) is 17.5 Å². The van der Waals surface area contributed by atoms with Crippen molar-refractivity contribution in [3.05, 3.63) is 39.3 Å². The number of nitrogens with zero attached hydrogens (tertiary/aromatic N) is 2. The molecule has 0 radical (unpaired) electrons. The monoisotopic (exact) mass is 305 g/mol. The lowest BCUT2D eigenvalue weighted by Gasteiger charge is -2.13. The van der Waals surface area contributed by atoms with Crippen LogP contribution in [-0.2, 0) is 7.05 Å². The van der Waals surface area contributed by atoms with Crippen LogP contribution in [0.3, 0.4) is 0 Å². The third kappa shape index (κ3) is 3.39. The Balaban J connectivity index is 2.01. The average Bonchev–Trinajstić information content (AvgIpc) is 2.99. The lowest BCUT2D eigenvalue weighted by molar-refractivity contribution is 0.0918. The van der Waals surface area contributed by atoms with Crippen molar-refractivity contribution < 1.29 is 9.59 Å². The molecule has 6 heteroatoms. The molecule has 2 rings (SSSR count). The number of nitrogens with one attached hydrogen (secondary N) is 1. The van der Waals surface area contributed by atoms with Crippen LogP contribution in [0.4, 0.5) is 0 Å². The molecule has 2 aromatic rings. The van der Waals surface area contributed by atoms with E-state index in [9.17, 15) is 9.59 Å². The van der Waals surface area contributed by atoms with Crippen LogP contribution in [0.5, 0.6) is 0 Å². The number of carbonyl (C=O) groups excluding carboxylic acids is 2. The Morgan fingerprint density at radius 2 is 2.14 bits per heavy atom. The van der Waals surface area contributed by atoms with Crippen molar-refractivity contribution in [3.63, 3.8) is 0 Å². The summed E-state index contributed by atoms with van der Waals surface area (Å²) in [6, 6.07) is 3.44. The first-order valence-corrected chi connectivity index (χ1v) is 7.66. The number of ketones is 1. The maximum atomic E-state index is 12.3. The molecule has 1 N–H and O–H groups in total. The molecule has 1 atom stereocenters. The van der Waals surface area contributed by atoms with Crippen LogP contribution < -0.4 is 5.32 Å². The summed E-state index contributed by atoms with van der Waals surface area (Å²) < 4.78 is 1.69. The number of rotatable bonds is 5. The smallest absolute Gasteiger partial charge is 0.255 e. The Labute approximate surface area is 128 Å². The van der Waals surface area contributed by atoms with E-state index in [-0.39, 0.29) is 17.7 Å². The normalized spacial score (nSPS) is 12.2. The number of thiophene rings is 1. The topological polar surface area (TPSA) is 64.0 Å². The minimum Gasteiger partial charge on any atom is -0.349 e. The molecule has 21 heavy (non-hydrogen) atoms. The van der Waals surface area contributed by atoms with E-state index >= 15 is 0 Å². The van der Waals surface area contributed by atoms with Gasteiger partial charge >= 0.3 is 0 Å². The summed E-state index contributed by atoms with van der Waals surface area (Å²) in [4.78, 5) is 25.0. The lowest BCUT2D eigenvalue weighted by atomic mass is 10.1. The molecule has 0 aliphatic heterocycles. The van der Waals surface area contributed by atoms with Crippen molar-refractivity contribution in [2.24, 2.45) is 7.05 Å². The molecule has 0 bridgehead atoms. The van der Waals surface area contributed by atoms with Crippen LogP contribution in [0, 0.1) is 13.8 Å². The van der Waals surface area contributed by atoms with Crippen LogP contribution in [-0.4, -0.2) is 27.5 Å². The van der Waals surface area contributed by atoms with Crippen molar-refractivity contribution in [3.8, 4) is 0 Å². The predicted molar refractivity (Wildman–Crippen MR) is 82.9 cm³/mol. The Morgan fingerprint density at radius 3 is 2.67 bits per heavy atom. The number of aromatic nitrogens is 2. The Bertz CT molecular complexity index is 659. The second kappa shape index (κ2) is 6.22. The van der Waals surface area contributed by atoms with E-state index in [2.05, 4.69) is 10.4 Å². The first kappa shape index (κ1) is 15.4. The van der Waals surface area contributed by atoms with Gasteiger partial charge in [-0.15, -0.1) is 11.3 Å². The SMILES string of the molecule is Cc1nn(C)c(C)c1C(=O)N[C@H](C)CC(=O)c1cccs1. The van der Waals surface area contributed by atoms with E-state index in [1.165, 1.54) is 11.3 Å². The van der Waals surface area contributed by atoms with Gasteiger partial charge in [0.25, 0.3) is 5.91 Å². The van der Waals surface area contributed by atoms with E-state index in [4.69, 9.17) is 0 Å². The fourth-order valence-corrected chi connectivity index (χ4v) is 2.94. The molecule has 0 aliphatic carbocycles. The number of Topliss-reactive ketones (excluding diaryl/α,β-unsaturated/α-hetero) is 1. The van der Waals surface area contributed by atoms with E-state index < -0.39 is 0 Å². The van der Waals surface area contributed by atoms with E-state index in [1.54, 1.807) is 10.7 Å². The van der Waals surface area contributed by atoms with Gasteiger partial charge in [-0.2, -0.15) is 5.10 Å². The van der Waals surface area contributed by atoms with Crippen molar-refractivity contribution in [1.82, 2.24) is 15.1 Å². The maximum absolute atomic E-state index is 12.3. The molecule has 0 aromatic carbocycles. The van der Waals surface area contributed by atoms with Gasteiger partial charge in [0.05, 0.1) is 16.1 Å². The fourth-order valence-electron chi connectivity index (χ4n) is 2.27. The summed E-state index contributed by atoms with van der Waals surface area (Å²) in [5.41, 5.74) is 2.11. The molecule has 0 spiro atoms. The molecule has 0 aliphatic rings. The Morgan fingerprint density at radius 1 is 1.43 bits per heavy atom. The molecule has 2 aromatic heterocycles. The highest BCUT2D eigenvalue weighted by molar-refractivity contribution is 7.12. The van der Waals surface area contributed by atoms with Gasteiger partial charge in [-0.05, 0) is 32.2 Å². The van der Waals surface area contributed by atoms with Crippen molar-refractivity contribution in [2.75, 3.05) is 0 Å². The first-order chi connectivity index (χ1) is 9.90. The zero-order valence-electron chi connectivity index (χ0n) is 12.6. The van der Waals surface area contributed by atoms with E-state index in [1.807, 2.05) is 39.3 Å². The molecule has 5 nitrogen and oxygen atoms in total. The van der Waals surface area contributed by atoms with Crippen LogP contribution in [0.1, 0.15) is 44.8 Å². The molecular weight excluding hydrogens is 286 g/mol. The first-order valence-electron chi connectivity index (χ1n) is 6.78. The van der Waals surface area contributed by atoms with Crippen LogP contribution in [0.2, 0.25) is 0 Å². The zero-order valence-corrected chi connectivity index (χ0v) is 13.5. The predicted octanol–water partition coefficient (Wildman–Crippen LogP) is 2.49. The number of aryl methyl sites for hydroxylation is 2. The van der Waals surface area contributed by atoms with Crippen LogP contribution >= 0.6 is 11.3 Å². The molecule has 112 valence electrons. The fraction of sp³-hybridized carbons (Fsp3) is 0.400. The summed E-state index contributed by atoms with van der Waals surface area (Å²) in [7, 11) is 1.81. The minimum atomic E-state index is -0.217. The maximum Gasteiger partial charge on any atom is 0.255 e. The highest BCUT2D eigenvalue weighted by Gasteiger charge is 2.20. The molecule has 0 fully saturated rings. The number of carbonyl (C=O) groups is 2. The molecular formula is C15H19N3O2S. The minimum absolute atomic E-state index is 0.0532. The van der Waals surface area contributed by atoms with Gasteiger partial charge in [0.2, 0.25) is 0 Å². The molecule has 2 heterocycles. The van der Waals surface area contributed by atoms with Gasteiger partial charge in [-0.3, -0.25) is 14.3 Å². The van der Waals surface area contributed by atoms with E-state index in [0.717, 1.165) is 10.6 Å². The highest BCUT2D eigenvalue weighted by Crippen LogP contribution is 2.14. The van der Waals surface area contributed by atoms with Gasteiger partial charge in [0.1, 0.15) is 0 Å².